The first-order valence-corrected chi connectivity index (χ1v) is 6.07. The molecule has 1 aromatic carbocycles. The zero-order valence-electron chi connectivity index (χ0n) is 8.62. The number of nitrogens with zero attached hydrogens (tertiary/aromatic N) is 1. The number of carbonyl (C=O) groups excluding carboxylic acids is 2. The average molecular weight is 293 g/mol. The van der Waals surface area contributed by atoms with E-state index >= 15 is 0 Å². The average Bonchev–Trinajstić information content (AvgIpc) is 2.61. The second-order valence-electron chi connectivity index (χ2n) is 3.81. The van der Waals surface area contributed by atoms with Crippen molar-refractivity contribution in [2.24, 2.45) is 5.92 Å². The summed E-state index contributed by atoms with van der Waals surface area (Å²) in [5.41, 5.74) is 0.557. The summed E-state index contributed by atoms with van der Waals surface area (Å²) in [5, 5.41) is 0.384. The van der Waals surface area contributed by atoms with Gasteiger partial charge in [-0.25, -0.2) is 0 Å². The fourth-order valence-corrected chi connectivity index (χ4v) is 2.45. The van der Waals surface area contributed by atoms with Gasteiger partial charge in [0.2, 0.25) is 11.1 Å². The molecular weight excluding hydrogens is 284 g/mol. The molecule has 1 aromatic rings. The molecule has 1 amide bonds. The van der Waals surface area contributed by atoms with E-state index in [4.69, 9.17) is 34.8 Å². The van der Waals surface area contributed by atoms with Gasteiger partial charge in [0.25, 0.3) is 0 Å². The van der Waals surface area contributed by atoms with Crippen molar-refractivity contribution in [3.8, 4) is 0 Å². The Hall–Kier alpha value is -0.770. The highest BCUT2D eigenvalue weighted by Gasteiger charge is 2.35. The van der Waals surface area contributed by atoms with Crippen molar-refractivity contribution in [2.75, 3.05) is 11.4 Å². The summed E-state index contributed by atoms with van der Waals surface area (Å²) in [5.74, 6) is -0.621. The summed E-state index contributed by atoms with van der Waals surface area (Å²) >= 11 is 17.2. The molecule has 6 heteroatoms. The lowest BCUT2D eigenvalue weighted by Crippen LogP contribution is -2.25. The lowest BCUT2D eigenvalue weighted by atomic mass is 10.1. The van der Waals surface area contributed by atoms with Crippen LogP contribution in [0.5, 0.6) is 0 Å². The van der Waals surface area contributed by atoms with Crippen LogP contribution in [0.3, 0.4) is 0 Å². The standard InChI is InChI=1S/C11H8Cl3NO2/c12-7-1-2-9(8(13)4-7)15-5-6(11(14)17)3-10(15)16/h1-2,4,6H,3,5H2/t6-/m0/s1. The van der Waals surface area contributed by atoms with Crippen LogP contribution in [0, 0.1) is 5.92 Å². The van der Waals surface area contributed by atoms with Gasteiger partial charge in [0.15, 0.2) is 0 Å². The van der Waals surface area contributed by atoms with Crippen LogP contribution in [0.15, 0.2) is 18.2 Å². The van der Waals surface area contributed by atoms with Crippen LogP contribution in [0.2, 0.25) is 10.0 Å². The lowest BCUT2D eigenvalue weighted by molar-refractivity contribution is -0.120. The van der Waals surface area contributed by atoms with E-state index < -0.39 is 11.2 Å². The number of anilines is 1. The normalized spacial score (nSPS) is 19.8. The van der Waals surface area contributed by atoms with Crippen molar-refractivity contribution in [3.05, 3.63) is 28.2 Å². The van der Waals surface area contributed by atoms with Gasteiger partial charge in [-0.3, -0.25) is 9.59 Å². The first-order valence-electron chi connectivity index (χ1n) is 4.94. The first-order chi connectivity index (χ1) is 7.99. The van der Waals surface area contributed by atoms with E-state index in [2.05, 4.69) is 0 Å². The second-order valence-corrected chi connectivity index (χ2v) is 5.02. The maximum absolute atomic E-state index is 11.8. The van der Waals surface area contributed by atoms with E-state index in [1.165, 1.54) is 4.90 Å². The Balaban J connectivity index is 2.29. The zero-order valence-corrected chi connectivity index (χ0v) is 10.9. The predicted octanol–water partition coefficient (Wildman–Crippen LogP) is 3.11. The summed E-state index contributed by atoms with van der Waals surface area (Å²) in [6.45, 7) is 0.266. The van der Waals surface area contributed by atoms with E-state index in [0.717, 1.165) is 0 Å². The summed E-state index contributed by atoms with van der Waals surface area (Å²) in [7, 11) is 0. The molecule has 0 aliphatic carbocycles. The number of halogens is 3. The molecule has 90 valence electrons. The Labute approximate surface area is 113 Å². The molecule has 1 fully saturated rings. The van der Waals surface area contributed by atoms with Gasteiger partial charge in [-0.05, 0) is 29.8 Å². The van der Waals surface area contributed by atoms with Crippen LogP contribution in [-0.2, 0) is 9.59 Å². The van der Waals surface area contributed by atoms with Gasteiger partial charge >= 0.3 is 0 Å². The molecule has 0 N–H and O–H groups in total. The molecule has 1 aliphatic heterocycles. The van der Waals surface area contributed by atoms with E-state index in [0.29, 0.717) is 15.7 Å². The summed E-state index contributed by atoms with van der Waals surface area (Å²) in [6.07, 6.45) is 0.126. The molecular formula is C11H8Cl3NO2. The van der Waals surface area contributed by atoms with E-state index in [1.54, 1.807) is 18.2 Å². The Morgan fingerprint density at radius 1 is 1.35 bits per heavy atom. The first kappa shape index (κ1) is 12.7. The van der Waals surface area contributed by atoms with E-state index in [1.807, 2.05) is 0 Å². The van der Waals surface area contributed by atoms with Gasteiger partial charge < -0.3 is 4.90 Å². The van der Waals surface area contributed by atoms with Gasteiger partial charge in [-0.1, -0.05) is 23.2 Å². The van der Waals surface area contributed by atoms with Gasteiger partial charge in [-0.2, -0.15) is 0 Å². The maximum atomic E-state index is 11.8. The van der Waals surface area contributed by atoms with Crippen molar-refractivity contribution < 1.29 is 9.59 Å². The predicted molar refractivity (Wildman–Crippen MR) is 67.8 cm³/mol. The third kappa shape index (κ3) is 2.57. The smallest absolute Gasteiger partial charge is 0.227 e. The monoisotopic (exact) mass is 291 g/mol. The fourth-order valence-electron chi connectivity index (χ4n) is 1.79. The molecule has 1 heterocycles. The van der Waals surface area contributed by atoms with Crippen LogP contribution >= 0.6 is 34.8 Å². The highest BCUT2D eigenvalue weighted by atomic mass is 35.5. The van der Waals surface area contributed by atoms with Crippen molar-refractivity contribution in [1.29, 1.82) is 0 Å². The van der Waals surface area contributed by atoms with Crippen LogP contribution in [0.25, 0.3) is 0 Å². The number of hydrogen-bond donors (Lipinski definition) is 0. The number of hydrogen-bond acceptors (Lipinski definition) is 2. The van der Waals surface area contributed by atoms with Gasteiger partial charge in [0.05, 0.1) is 16.6 Å². The van der Waals surface area contributed by atoms with Crippen molar-refractivity contribution in [1.82, 2.24) is 0 Å². The Bertz CT molecular complexity index is 490. The number of benzene rings is 1. The summed E-state index contributed by atoms with van der Waals surface area (Å²) in [4.78, 5) is 24.3. The molecule has 0 radical (unpaired) electrons. The van der Waals surface area contributed by atoms with Crippen LogP contribution in [-0.4, -0.2) is 17.7 Å². The molecule has 0 unspecified atom stereocenters. The third-order valence-electron chi connectivity index (χ3n) is 2.65. The number of rotatable bonds is 2. The number of amides is 1. The van der Waals surface area contributed by atoms with Gasteiger partial charge in [0, 0.05) is 18.0 Å². The molecule has 0 spiro atoms. The Morgan fingerprint density at radius 2 is 2.06 bits per heavy atom. The highest BCUT2D eigenvalue weighted by molar-refractivity contribution is 6.64. The molecule has 17 heavy (non-hydrogen) atoms. The minimum absolute atomic E-state index is 0.126. The van der Waals surface area contributed by atoms with E-state index in [-0.39, 0.29) is 18.9 Å². The topological polar surface area (TPSA) is 37.4 Å². The molecule has 0 saturated carbocycles. The molecule has 1 aliphatic rings. The van der Waals surface area contributed by atoms with Crippen LogP contribution in [0.4, 0.5) is 5.69 Å². The minimum atomic E-state index is -0.495. The van der Waals surface area contributed by atoms with Crippen molar-refractivity contribution in [3.63, 3.8) is 0 Å². The third-order valence-corrected chi connectivity index (χ3v) is 3.49. The molecule has 3 nitrogen and oxygen atoms in total. The molecule has 0 bridgehead atoms. The quantitative estimate of drug-likeness (QED) is 0.785. The van der Waals surface area contributed by atoms with Crippen LogP contribution in [0.1, 0.15) is 6.42 Å². The largest absolute Gasteiger partial charge is 0.310 e. The summed E-state index contributed by atoms with van der Waals surface area (Å²) in [6, 6.07) is 4.86. The summed E-state index contributed by atoms with van der Waals surface area (Å²) < 4.78 is 0. The molecule has 2 rings (SSSR count). The molecule has 1 atom stereocenters. The Morgan fingerprint density at radius 3 is 2.59 bits per heavy atom. The Kier molecular flexibility index (Phi) is 3.61. The van der Waals surface area contributed by atoms with Crippen molar-refractivity contribution >= 4 is 51.6 Å². The van der Waals surface area contributed by atoms with Crippen LogP contribution < -0.4 is 4.90 Å². The molecule has 0 aromatic heterocycles. The minimum Gasteiger partial charge on any atom is -0.310 e. The number of carbonyl (C=O) groups is 2. The maximum Gasteiger partial charge on any atom is 0.227 e. The lowest BCUT2D eigenvalue weighted by Gasteiger charge is -2.17. The SMILES string of the molecule is O=C(Cl)[C@H]1CC(=O)N(c2ccc(Cl)cc2Cl)C1. The van der Waals surface area contributed by atoms with Crippen molar-refractivity contribution in [2.45, 2.75) is 6.42 Å². The second kappa shape index (κ2) is 4.84. The van der Waals surface area contributed by atoms with Gasteiger partial charge in [0.1, 0.15) is 0 Å². The fraction of sp³-hybridized carbons (Fsp3) is 0.273. The highest BCUT2D eigenvalue weighted by Crippen LogP contribution is 2.33. The van der Waals surface area contributed by atoms with E-state index in [9.17, 15) is 9.59 Å². The van der Waals surface area contributed by atoms with Gasteiger partial charge in [-0.15, -0.1) is 0 Å². The zero-order chi connectivity index (χ0) is 12.6. The molecule has 1 saturated heterocycles.